The van der Waals surface area contributed by atoms with Gasteiger partial charge in [0.1, 0.15) is 5.75 Å². The highest BCUT2D eigenvalue weighted by molar-refractivity contribution is 5.20. The maximum atomic E-state index is 5.37. The van der Waals surface area contributed by atoms with E-state index in [0.29, 0.717) is 6.61 Å². The Labute approximate surface area is 97.2 Å². The van der Waals surface area contributed by atoms with Crippen molar-refractivity contribution in [2.24, 2.45) is 5.92 Å². The highest BCUT2D eigenvalue weighted by Gasteiger charge is 2.27. The first-order valence-electron chi connectivity index (χ1n) is 6.06. The van der Waals surface area contributed by atoms with E-state index >= 15 is 0 Å². The van der Waals surface area contributed by atoms with Crippen LogP contribution in [0.25, 0.3) is 0 Å². The van der Waals surface area contributed by atoms with Gasteiger partial charge in [-0.05, 0) is 51.3 Å². The lowest BCUT2D eigenvalue weighted by Crippen LogP contribution is -2.39. The van der Waals surface area contributed by atoms with Gasteiger partial charge in [-0.2, -0.15) is 0 Å². The maximum Gasteiger partial charge on any atom is 0.137 e. The molecular weight excluding hydrogens is 200 g/mol. The predicted molar refractivity (Wildman–Crippen MR) is 64.7 cm³/mol. The van der Waals surface area contributed by atoms with Gasteiger partial charge in [-0.1, -0.05) is 0 Å². The smallest absolute Gasteiger partial charge is 0.137 e. The molecule has 1 fully saturated rings. The monoisotopic (exact) mass is 220 g/mol. The van der Waals surface area contributed by atoms with E-state index in [9.17, 15) is 0 Å². The van der Waals surface area contributed by atoms with Crippen LogP contribution in [0.2, 0.25) is 0 Å². The second kappa shape index (κ2) is 5.30. The van der Waals surface area contributed by atoms with Crippen LogP contribution in [0.15, 0.2) is 18.3 Å². The van der Waals surface area contributed by atoms with E-state index in [-0.39, 0.29) is 0 Å². The van der Waals surface area contributed by atoms with Crippen LogP contribution in [-0.2, 0) is 6.42 Å². The van der Waals surface area contributed by atoms with Crippen LogP contribution in [0.3, 0.4) is 0 Å². The number of aromatic nitrogens is 1. The fourth-order valence-electron chi connectivity index (χ4n) is 2.22. The van der Waals surface area contributed by atoms with Gasteiger partial charge in [0, 0.05) is 11.7 Å². The summed E-state index contributed by atoms with van der Waals surface area (Å²) < 4.78 is 5.37. The van der Waals surface area contributed by atoms with E-state index in [4.69, 9.17) is 4.74 Å². The van der Waals surface area contributed by atoms with E-state index in [1.54, 1.807) is 0 Å². The van der Waals surface area contributed by atoms with Gasteiger partial charge in [-0.25, -0.2) is 0 Å². The molecule has 0 aliphatic heterocycles. The van der Waals surface area contributed by atoms with Gasteiger partial charge in [0.2, 0.25) is 0 Å². The number of hydrogen-bond acceptors (Lipinski definition) is 3. The molecule has 0 unspecified atom stereocenters. The van der Waals surface area contributed by atoms with Crippen LogP contribution in [-0.4, -0.2) is 24.7 Å². The molecule has 0 amide bonds. The Balaban J connectivity index is 1.82. The normalized spacial score (nSPS) is 23.9. The average molecular weight is 220 g/mol. The van der Waals surface area contributed by atoms with Crippen LogP contribution < -0.4 is 10.1 Å². The summed E-state index contributed by atoms with van der Waals surface area (Å²) in [5.41, 5.74) is 1.18. The number of rotatable bonds is 5. The zero-order valence-electron chi connectivity index (χ0n) is 10.1. The first-order valence-corrected chi connectivity index (χ1v) is 6.06. The van der Waals surface area contributed by atoms with E-state index in [1.807, 2.05) is 26.2 Å². The van der Waals surface area contributed by atoms with Crippen LogP contribution in [0.5, 0.6) is 5.75 Å². The fraction of sp³-hybridized carbons (Fsp3) is 0.615. The van der Waals surface area contributed by atoms with Crippen LogP contribution >= 0.6 is 0 Å². The summed E-state index contributed by atoms with van der Waals surface area (Å²) in [5.74, 6) is 1.68. The van der Waals surface area contributed by atoms with E-state index in [1.165, 1.54) is 18.5 Å². The highest BCUT2D eigenvalue weighted by Crippen LogP contribution is 2.30. The molecule has 88 valence electrons. The molecule has 0 saturated heterocycles. The van der Waals surface area contributed by atoms with E-state index < -0.39 is 0 Å². The minimum atomic E-state index is 0.702. The molecule has 0 bridgehead atoms. The molecule has 3 heteroatoms. The van der Waals surface area contributed by atoms with Gasteiger partial charge in [0.25, 0.3) is 0 Å². The molecule has 2 rings (SSSR count). The molecule has 1 N–H and O–H groups in total. The Kier molecular flexibility index (Phi) is 3.78. The minimum Gasteiger partial charge on any atom is -0.492 e. The number of ether oxygens (including phenoxy) is 1. The maximum absolute atomic E-state index is 5.37. The van der Waals surface area contributed by atoms with Gasteiger partial charge < -0.3 is 10.1 Å². The number of hydrogen-bond donors (Lipinski definition) is 1. The quantitative estimate of drug-likeness (QED) is 0.824. The molecule has 1 aromatic rings. The molecule has 0 aromatic carbocycles. The van der Waals surface area contributed by atoms with Crippen molar-refractivity contribution in [3.05, 3.63) is 24.0 Å². The van der Waals surface area contributed by atoms with Gasteiger partial charge in [0.15, 0.2) is 0 Å². The Hall–Kier alpha value is -1.09. The number of nitrogens with zero attached hydrogens (tertiary/aromatic N) is 1. The molecule has 0 radical (unpaired) electrons. The summed E-state index contributed by atoms with van der Waals surface area (Å²) >= 11 is 0. The van der Waals surface area contributed by atoms with Crippen molar-refractivity contribution in [2.45, 2.75) is 32.2 Å². The second-order valence-electron chi connectivity index (χ2n) is 4.45. The second-order valence-corrected chi connectivity index (χ2v) is 4.45. The predicted octanol–water partition coefficient (Wildman–Crippen LogP) is 2.02. The summed E-state index contributed by atoms with van der Waals surface area (Å²) in [5, 5.41) is 3.30. The average Bonchev–Trinajstić information content (AvgIpc) is 2.25. The van der Waals surface area contributed by atoms with Crippen molar-refractivity contribution in [1.82, 2.24) is 10.3 Å². The van der Waals surface area contributed by atoms with E-state index in [0.717, 1.165) is 24.1 Å². The molecule has 0 spiro atoms. The number of nitrogens with one attached hydrogen (secondary N) is 1. The summed E-state index contributed by atoms with van der Waals surface area (Å²) in [6.45, 7) is 2.69. The third-order valence-corrected chi connectivity index (χ3v) is 3.25. The van der Waals surface area contributed by atoms with Crippen LogP contribution in [0.4, 0.5) is 0 Å². The standard InChI is InChI=1S/C13H20N2O/c1-3-16-13-5-4-11(15-9-13)6-10-7-12(8-10)14-2/h4-5,9-10,12,14H,3,6-8H2,1-2H3. The van der Waals surface area contributed by atoms with Crippen molar-refractivity contribution in [2.75, 3.05) is 13.7 Å². The van der Waals surface area contributed by atoms with E-state index in [2.05, 4.69) is 16.4 Å². The van der Waals surface area contributed by atoms with Gasteiger partial charge in [-0.3, -0.25) is 4.98 Å². The summed E-state index contributed by atoms with van der Waals surface area (Å²) in [7, 11) is 2.04. The van der Waals surface area contributed by atoms with Crippen molar-refractivity contribution in [1.29, 1.82) is 0 Å². The Morgan fingerprint density at radius 1 is 1.44 bits per heavy atom. The first kappa shape index (κ1) is 11.4. The van der Waals surface area contributed by atoms with Crippen LogP contribution in [0, 0.1) is 5.92 Å². The molecule has 1 aromatic heterocycles. The molecule has 3 nitrogen and oxygen atoms in total. The topological polar surface area (TPSA) is 34.1 Å². The largest absolute Gasteiger partial charge is 0.492 e. The van der Waals surface area contributed by atoms with Gasteiger partial charge in [-0.15, -0.1) is 0 Å². The molecule has 1 saturated carbocycles. The highest BCUT2D eigenvalue weighted by atomic mass is 16.5. The Morgan fingerprint density at radius 3 is 2.81 bits per heavy atom. The minimum absolute atomic E-state index is 0.702. The zero-order chi connectivity index (χ0) is 11.4. The summed E-state index contributed by atoms with van der Waals surface area (Å²) in [6.07, 6.45) is 5.49. The van der Waals surface area contributed by atoms with Crippen LogP contribution in [0.1, 0.15) is 25.5 Å². The molecule has 0 atom stereocenters. The lowest BCUT2D eigenvalue weighted by atomic mass is 9.77. The SMILES string of the molecule is CCOc1ccc(CC2CC(NC)C2)nc1. The Bertz CT molecular complexity index is 317. The molecule has 1 aliphatic carbocycles. The third kappa shape index (κ3) is 2.73. The molecular formula is C13H20N2O. The van der Waals surface area contributed by atoms with Crippen molar-refractivity contribution in [3.63, 3.8) is 0 Å². The lowest BCUT2D eigenvalue weighted by Gasteiger charge is -2.34. The Morgan fingerprint density at radius 2 is 2.25 bits per heavy atom. The zero-order valence-corrected chi connectivity index (χ0v) is 10.1. The molecule has 1 aliphatic rings. The first-order chi connectivity index (χ1) is 7.81. The van der Waals surface area contributed by atoms with Crippen molar-refractivity contribution < 1.29 is 4.74 Å². The summed E-state index contributed by atoms with van der Waals surface area (Å²) in [4.78, 5) is 4.42. The van der Waals surface area contributed by atoms with Crippen molar-refractivity contribution in [3.8, 4) is 5.75 Å². The molecule has 1 heterocycles. The third-order valence-electron chi connectivity index (χ3n) is 3.25. The lowest BCUT2D eigenvalue weighted by molar-refractivity contribution is 0.231. The summed E-state index contributed by atoms with van der Waals surface area (Å²) in [6, 6.07) is 4.82. The van der Waals surface area contributed by atoms with Gasteiger partial charge in [0.05, 0.1) is 12.8 Å². The van der Waals surface area contributed by atoms with Crippen molar-refractivity contribution >= 4 is 0 Å². The number of pyridine rings is 1. The van der Waals surface area contributed by atoms with Gasteiger partial charge >= 0.3 is 0 Å². The molecule has 16 heavy (non-hydrogen) atoms. The fourth-order valence-corrected chi connectivity index (χ4v) is 2.22.